The van der Waals surface area contributed by atoms with Crippen molar-refractivity contribution in [2.45, 2.75) is 32.7 Å². The van der Waals surface area contributed by atoms with E-state index in [2.05, 4.69) is 10.00 Å². The van der Waals surface area contributed by atoms with Crippen molar-refractivity contribution in [2.24, 2.45) is 0 Å². The third-order valence-electron chi connectivity index (χ3n) is 5.47. The molecular formula is C19H28N6O3S2. The zero-order chi connectivity index (χ0) is 21.3. The van der Waals surface area contributed by atoms with Crippen LogP contribution in [0.2, 0.25) is 0 Å². The molecule has 0 amide bonds. The van der Waals surface area contributed by atoms with Gasteiger partial charge in [0, 0.05) is 45.0 Å². The molecule has 1 aromatic heterocycles. The molecule has 0 saturated carbocycles. The molecule has 2 atom stereocenters. The van der Waals surface area contributed by atoms with E-state index < -0.39 is 10.2 Å². The van der Waals surface area contributed by atoms with E-state index in [4.69, 9.17) is 17.0 Å². The van der Waals surface area contributed by atoms with Crippen molar-refractivity contribution < 1.29 is 13.2 Å². The smallest absolute Gasteiger partial charge is 0.282 e. The molecule has 2 fully saturated rings. The van der Waals surface area contributed by atoms with Crippen molar-refractivity contribution in [3.8, 4) is 5.69 Å². The minimum absolute atomic E-state index is 0.0913. The summed E-state index contributed by atoms with van der Waals surface area (Å²) in [5, 5.41) is 4.42. The topological polar surface area (TPSA) is 75.8 Å². The first kappa shape index (κ1) is 21.6. The second-order valence-corrected chi connectivity index (χ2v) is 10.2. The Balaban J connectivity index is 1.37. The van der Waals surface area contributed by atoms with E-state index in [0.717, 1.165) is 5.69 Å². The second-order valence-electron chi connectivity index (χ2n) is 7.86. The molecular weight excluding hydrogens is 424 g/mol. The zero-order valence-corrected chi connectivity index (χ0v) is 18.9. The van der Waals surface area contributed by atoms with Gasteiger partial charge in [-0.1, -0.05) is 18.2 Å². The summed E-state index contributed by atoms with van der Waals surface area (Å²) in [4.78, 5) is 2.18. The van der Waals surface area contributed by atoms with Gasteiger partial charge in [-0.25, -0.2) is 4.68 Å². The highest BCUT2D eigenvalue weighted by atomic mass is 32.2. The van der Waals surface area contributed by atoms with Crippen LogP contribution in [0.3, 0.4) is 0 Å². The van der Waals surface area contributed by atoms with Crippen molar-refractivity contribution in [3.05, 3.63) is 41.4 Å². The molecule has 2 aliphatic rings. The van der Waals surface area contributed by atoms with E-state index in [1.54, 1.807) is 19.6 Å². The monoisotopic (exact) mass is 452 g/mol. The minimum atomic E-state index is -3.47. The van der Waals surface area contributed by atoms with E-state index in [1.165, 1.54) is 0 Å². The molecule has 1 aromatic carbocycles. The Morgan fingerprint density at radius 3 is 2.30 bits per heavy atom. The quantitative estimate of drug-likeness (QED) is 0.637. The lowest BCUT2D eigenvalue weighted by Crippen LogP contribution is -2.57. The van der Waals surface area contributed by atoms with Crippen LogP contribution < -0.4 is 0 Å². The average molecular weight is 453 g/mol. The molecule has 0 bridgehead atoms. The number of ether oxygens (including phenoxy) is 1. The van der Waals surface area contributed by atoms with Gasteiger partial charge < -0.3 is 4.74 Å². The van der Waals surface area contributed by atoms with Crippen molar-refractivity contribution in [2.75, 3.05) is 39.3 Å². The summed E-state index contributed by atoms with van der Waals surface area (Å²) >= 11 is 5.58. The Labute approximate surface area is 182 Å². The predicted molar refractivity (Wildman–Crippen MR) is 116 cm³/mol. The van der Waals surface area contributed by atoms with Gasteiger partial charge in [-0.05, 0) is 38.2 Å². The van der Waals surface area contributed by atoms with E-state index >= 15 is 0 Å². The summed E-state index contributed by atoms with van der Waals surface area (Å²) < 4.78 is 39.2. The van der Waals surface area contributed by atoms with Crippen LogP contribution in [0, 0.1) is 4.77 Å². The molecule has 0 N–H and O–H groups in total. The zero-order valence-electron chi connectivity index (χ0n) is 17.3. The van der Waals surface area contributed by atoms with E-state index in [1.807, 2.05) is 48.7 Å². The number of hydrogen-bond donors (Lipinski definition) is 0. The van der Waals surface area contributed by atoms with E-state index in [-0.39, 0.29) is 12.2 Å². The third kappa shape index (κ3) is 4.51. The Hall–Kier alpha value is -1.63. The number of para-hydroxylation sites is 1. The highest BCUT2D eigenvalue weighted by Crippen LogP contribution is 2.19. The SMILES string of the molecule is CC1CN(S(=O)(=O)N2CCN(Cn3ncn(-c4ccccc4)c3=S)CC2)CC(C)O1. The number of rotatable bonds is 5. The number of piperazine rings is 1. The van der Waals surface area contributed by atoms with Crippen LogP contribution in [0.25, 0.3) is 5.69 Å². The lowest BCUT2D eigenvalue weighted by molar-refractivity contribution is -0.0458. The third-order valence-corrected chi connectivity index (χ3v) is 7.85. The van der Waals surface area contributed by atoms with E-state index in [0.29, 0.717) is 50.7 Å². The molecule has 2 unspecified atom stereocenters. The number of aromatic nitrogens is 3. The summed E-state index contributed by atoms with van der Waals surface area (Å²) in [6.45, 7) is 7.34. The van der Waals surface area contributed by atoms with Crippen LogP contribution in [0.4, 0.5) is 0 Å². The minimum Gasteiger partial charge on any atom is -0.373 e. The van der Waals surface area contributed by atoms with Gasteiger partial charge in [0.25, 0.3) is 10.2 Å². The number of hydrogen-bond acceptors (Lipinski definition) is 6. The molecule has 2 saturated heterocycles. The van der Waals surface area contributed by atoms with Crippen LogP contribution in [-0.4, -0.2) is 87.8 Å². The van der Waals surface area contributed by atoms with Crippen molar-refractivity contribution in [1.82, 2.24) is 27.9 Å². The maximum absolute atomic E-state index is 13.1. The largest absolute Gasteiger partial charge is 0.373 e. The maximum Gasteiger partial charge on any atom is 0.282 e. The fourth-order valence-electron chi connectivity index (χ4n) is 3.97. The number of benzene rings is 1. The molecule has 30 heavy (non-hydrogen) atoms. The van der Waals surface area contributed by atoms with Gasteiger partial charge in [0.15, 0.2) is 0 Å². The first-order chi connectivity index (χ1) is 14.3. The average Bonchev–Trinajstić information content (AvgIpc) is 3.08. The molecule has 164 valence electrons. The van der Waals surface area contributed by atoms with Crippen LogP contribution in [0.5, 0.6) is 0 Å². The van der Waals surface area contributed by atoms with Crippen molar-refractivity contribution >= 4 is 22.4 Å². The van der Waals surface area contributed by atoms with Gasteiger partial charge >= 0.3 is 0 Å². The first-order valence-corrected chi connectivity index (χ1v) is 12.0. The Bertz CT molecular complexity index is 1000. The fourth-order valence-corrected chi connectivity index (χ4v) is 5.98. The van der Waals surface area contributed by atoms with Gasteiger partial charge in [-0.3, -0.25) is 9.47 Å². The normalized spacial score (nSPS) is 24.9. The van der Waals surface area contributed by atoms with E-state index in [9.17, 15) is 8.42 Å². The standard InChI is InChI=1S/C19H28N6O3S2/c1-16-12-23(13-17(2)28-16)30(26,27)22-10-8-21(9-11-22)15-25-19(29)24(14-20-25)18-6-4-3-5-7-18/h3-7,14,16-17H,8-13,15H2,1-2H3. The molecule has 11 heteroatoms. The van der Waals surface area contributed by atoms with Gasteiger partial charge in [-0.2, -0.15) is 22.1 Å². The van der Waals surface area contributed by atoms with Gasteiger partial charge in [-0.15, -0.1) is 0 Å². The summed E-state index contributed by atoms with van der Waals surface area (Å²) in [5.41, 5.74) is 0.971. The molecule has 0 aliphatic carbocycles. The molecule has 3 heterocycles. The van der Waals surface area contributed by atoms with Crippen LogP contribution in [-0.2, 0) is 21.6 Å². The summed E-state index contributed by atoms with van der Waals surface area (Å²) in [6.07, 6.45) is 1.54. The lowest BCUT2D eigenvalue weighted by atomic mass is 10.3. The first-order valence-electron chi connectivity index (χ1n) is 10.2. The summed E-state index contributed by atoms with van der Waals surface area (Å²) in [6, 6.07) is 9.86. The fraction of sp³-hybridized carbons (Fsp3) is 0.579. The Morgan fingerprint density at radius 2 is 1.67 bits per heavy atom. The molecule has 0 radical (unpaired) electrons. The highest BCUT2D eigenvalue weighted by molar-refractivity contribution is 7.86. The molecule has 9 nitrogen and oxygen atoms in total. The Kier molecular flexibility index (Phi) is 6.37. The lowest BCUT2D eigenvalue weighted by Gasteiger charge is -2.40. The molecule has 4 rings (SSSR count). The maximum atomic E-state index is 13.1. The van der Waals surface area contributed by atoms with Crippen molar-refractivity contribution in [1.29, 1.82) is 0 Å². The van der Waals surface area contributed by atoms with Crippen LogP contribution in [0.1, 0.15) is 13.8 Å². The summed E-state index contributed by atoms with van der Waals surface area (Å²) in [7, 11) is -3.47. The molecule has 0 spiro atoms. The van der Waals surface area contributed by atoms with Crippen LogP contribution >= 0.6 is 12.2 Å². The highest BCUT2D eigenvalue weighted by Gasteiger charge is 2.36. The molecule has 2 aliphatic heterocycles. The van der Waals surface area contributed by atoms with Gasteiger partial charge in [0.2, 0.25) is 4.77 Å². The Morgan fingerprint density at radius 1 is 1.03 bits per heavy atom. The summed E-state index contributed by atoms with van der Waals surface area (Å²) in [5.74, 6) is 0. The predicted octanol–water partition coefficient (Wildman–Crippen LogP) is 1.33. The van der Waals surface area contributed by atoms with Crippen LogP contribution in [0.15, 0.2) is 36.7 Å². The number of morpholine rings is 1. The second kappa shape index (κ2) is 8.85. The molecule has 2 aromatic rings. The van der Waals surface area contributed by atoms with Gasteiger partial charge in [0.1, 0.15) is 6.33 Å². The van der Waals surface area contributed by atoms with Gasteiger partial charge in [0.05, 0.1) is 18.9 Å². The van der Waals surface area contributed by atoms with Crippen molar-refractivity contribution in [3.63, 3.8) is 0 Å². The number of nitrogens with zero attached hydrogens (tertiary/aromatic N) is 6.